The van der Waals surface area contributed by atoms with Crippen molar-refractivity contribution in [1.82, 2.24) is 10.6 Å². The van der Waals surface area contributed by atoms with Crippen LogP contribution in [0.4, 0.5) is 0 Å². The van der Waals surface area contributed by atoms with Crippen molar-refractivity contribution in [2.24, 2.45) is 5.92 Å². The van der Waals surface area contributed by atoms with Crippen LogP contribution >= 0.6 is 15.9 Å². The fourth-order valence-corrected chi connectivity index (χ4v) is 2.86. The van der Waals surface area contributed by atoms with E-state index in [0.29, 0.717) is 18.1 Å². The van der Waals surface area contributed by atoms with E-state index in [0.717, 1.165) is 10.0 Å². The molecule has 0 saturated heterocycles. The number of carbonyl (C=O) groups excluding carboxylic acids is 1. The molecule has 0 spiro atoms. The molecule has 0 unspecified atom stereocenters. The van der Waals surface area contributed by atoms with Gasteiger partial charge in [-0.1, -0.05) is 41.9 Å². The molecular formula is C19H22BrN3O2. The van der Waals surface area contributed by atoms with Crippen LogP contribution in [0.2, 0.25) is 0 Å². The van der Waals surface area contributed by atoms with Crippen LogP contribution in [0.15, 0.2) is 51.6 Å². The second-order valence-corrected chi connectivity index (χ2v) is 7.15. The van der Waals surface area contributed by atoms with E-state index in [9.17, 15) is 4.79 Å². The predicted molar refractivity (Wildman–Crippen MR) is 99.7 cm³/mol. The summed E-state index contributed by atoms with van der Waals surface area (Å²) in [5, 5.41) is 14.9. The molecule has 1 amide bonds. The van der Waals surface area contributed by atoms with E-state index in [4.69, 9.17) is 9.68 Å². The standard InChI is InChI=1S/C19H22BrN3O2/c1-13(2)12-16(22-10-9-21)19(24)23-18(17-4-3-11-25-17)14-5-7-15(20)8-6-14/h3-8,11,13,16,18,22H,10,12H2,1-2H3,(H,23,24)/t16-,18-/m0/s1. The molecule has 5 nitrogen and oxygen atoms in total. The Morgan fingerprint density at radius 3 is 2.56 bits per heavy atom. The van der Waals surface area contributed by atoms with Gasteiger partial charge in [0.05, 0.1) is 24.9 Å². The molecule has 0 aliphatic rings. The monoisotopic (exact) mass is 403 g/mol. The third kappa shape index (κ3) is 5.73. The number of benzene rings is 1. The summed E-state index contributed by atoms with van der Waals surface area (Å²) in [5.74, 6) is 0.851. The molecule has 0 radical (unpaired) electrons. The van der Waals surface area contributed by atoms with Crippen LogP contribution in [0, 0.1) is 17.2 Å². The van der Waals surface area contributed by atoms with E-state index in [-0.39, 0.29) is 18.5 Å². The van der Waals surface area contributed by atoms with Gasteiger partial charge in [-0.2, -0.15) is 5.26 Å². The Morgan fingerprint density at radius 1 is 1.28 bits per heavy atom. The van der Waals surface area contributed by atoms with Crippen LogP contribution in [0.5, 0.6) is 0 Å². The molecule has 0 saturated carbocycles. The summed E-state index contributed by atoms with van der Waals surface area (Å²) in [6.45, 7) is 4.23. The van der Waals surface area contributed by atoms with Crippen molar-refractivity contribution in [3.05, 3.63) is 58.5 Å². The van der Waals surface area contributed by atoms with E-state index in [2.05, 4.69) is 26.6 Å². The van der Waals surface area contributed by atoms with E-state index in [1.165, 1.54) is 0 Å². The molecule has 25 heavy (non-hydrogen) atoms. The lowest BCUT2D eigenvalue weighted by atomic mass is 10.0. The lowest BCUT2D eigenvalue weighted by molar-refractivity contribution is -0.124. The van der Waals surface area contributed by atoms with Gasteiger partial charge in [-0.25, -0.2) is 0 Å². The van der Waals surface area contributed by atoms with Gasteiger partial charge in [0.25, 0.3) is 0 Å². The molecule has 2 N–H and O–H groups in total. The average molecular weight is 404 g/mol. The zero-order valence-corrected chi connectivity index (χ0v) is 15.9. The zero-order chi connectivity index (χ0) is 18.2. The van der Waals surface area contributed by atoms with E-state index < -0.39 is 6.04 Å². The summed E-state index contributed by atoms with van der Waals surface area (Å²) in [4.78, 5) is 12.8. The number of hydrogen-bond acceptors (Lipinski definition) is 4. The second-order valence-electron chi connectivity index (χ2n) is 6.23. The molecule has 0 aliphatic carbocycles. The van der Waals surface area contributed by atoms with E-state index >= 15 is 0 Å². The first-order valence-electron chi connectivity index (χ1n) is 8.20. The summed E-state index contributed by atoms with van der Waals surface area (Å²) >= 11 is 3.42. The van der Waals surface area contributed by atoms with Gasteiger partial charge >= 0.3 is 0 Å². The molecule has 2 atom stereocenters. The van der Waals surface area contributed by atoms with Gasteiger partial charge in [0, 0.05) is 4.47 Å². The molecule has 0 fully saturated rings. The number of nitriles is 1. The first kappa shape index (κ1) is 19.2. The van der Waals surface area contributed by atoms with E-state index in [1.54, 1.807) is 12.3 Å². The van der Waals surface area contributed by atoms with Gasteiger partial charge in [-0.05, 0) is 42.2 Å². The summed E-state index contributed by atoms with van der Waals surface area (Å²) in [6.07, 6.45) is 2.24. The molecule has 0 aliphatic heterocycles. The highest BCUT2D eigenvalue weighted by atomic mass is 79.9. The number of hydrogen-bond donors (Lipinski definition) is 2. The minimum absolute atomic E-state index is 0.133. The predicted octanol–water partition coefficient (Wildman–Crippen LogP) is 3.78. The van der Waals surface area contributed by atoms with Gasteiger partial charge in [-0.3, -0.25) is 10.1 Å². The number of amides is 1. The average Bonchev–Trinajstić information content (AvgIpc) is 3.11. The molecule has 2 aromatic rings. The molecule has 2 rings (SSSR count). The molecule has 132 valence electrons. The third-order valence-corrected chi connectivity index (χ3v) is 4.30. The van der Waals surface area contributed by atoms with Gasteiger partial charge in [0.1, 0.15) is 11.8 Å². The SMILES string of the molecule is CC(C)C[C@H](NCC#N)C(=O)N[C@@H](c1ccc(Br)cc1)c1ccco1. The number of nitrogens with zero attached hydrogens (tertiary/aromatic N) is 1. The van der Waals surface area contributed by atoms with Gasteiger partial charge in [0.15, 0.2) is 0 Å². The van der Waals surface area contributed by atoms with Crippen molar-refractivity contribution >= 4 is 21.8 Å². The smallest absolute Gasteiger partial charge is 0.238 e. The highest BCUT2D eigenvalue weighted by molar-refractivity contribution is 9.10. The zero-order valence-electron chi connectivity index (χ0n) is 14.3. The summed E-state index contributed by atoms with van der Waals surface area (Å²) in [5.41, 5.74) is 0.926. The first-order chi connectivity index (χ1) is 12.0. The van der Waals surface area contributed by atoms with Crippen molar-refractivity contribution in [2.45, 2.75) is 32.4 Å². The Labute approximate surface area is 156 Å². The van der Waals surface area contributed by atoms with E-state index in [1.807, 2.05) is 50.2 Å². The number of rotatable bonds is 8. The lowest BCUT2D eigenvalue weighted by Gasteiger charge is -2.23. The van der Waals surface area contributed by atoms with Crippen molar-refractivity contribution in [3.63, 3.8) is 0 Å². The molecule has 6 heteroatoms. The first-order valence-corrected chi connectivity index (χ1v) is 9.00. The van der Waals surface area contributed by atoms with Crippen LogP contribution in [0.25, 0.3) is 0 Å². The highest BCUT2D eigenvalue weighted by Crippen LogP contribution is 2.24. The normalized spacial score (nSPS) is 13.2. The minimum Gasteiger partial charge on any atom is -0.467 e. The summed E-state index contributed by atoms with van der Waals surface area (Å²) in [7, 11) is 0. The fourth-order valence-electron chi connectivity index (χ4n) is 2.60. The molecule has 0 bridgehead atoms. The molecule has 1 heterocycles. The Bertz CT molecular complexity index is 705. The van der Waals surface area contributed by atoms with Crippen molar-refractivity contribution in [1.29, 1.82) is 5.26 Å². The number of halogens is 1. The van der Waals surface area contributed by atoms with Crippen molar-refractivity contribution < 1.29 is 9.21 Å². The summed E-state index contributed by atoms with van der Waals surface area (Å²) < 4.78 is 6.49. The second kappa shape index (κ2) is 9.40. The molecule has 1 aromatic carbocycles. The highest BCUT2D eigenvalue weighted by Gasteiger charge is 2.25. The maximum Gasteiger partial charge on any atom is 0.238 e. The Kier molecular flexibility index (Phi) is 7.23. The third-order valence-electron chi connectivity index (χ3n) is 3.77. The topological polar surface area (TPSA) is 78.1 Å². The van der Waals surface area contributed by atoms with Gasteiger partial charge in [-0.15, -0.1) is 0 Å². The summed E-state index contributed by atoms with van der Waals surface area (Å²) in [6, 6.07) is 12.6. The van der Waals surface area contributed by atoms with Crippen LogP contribution in [-0.4, -0.2) is 18.5 Å². The quantitative estimate of drug-likeness (QED) is 0.657. The van der Waals surface area contributed by atoms with Crippen molar-refractivity contribution in [2.75, 3.05) is 6.54 Å². The molecule has 1 aromatic heterocycles. The number of furan rings is 1. The van der Waals surface area contributed by atoms with Gasteiger partial charge in [0.2, 0.25) is 5.91 Å². The maximum absolute atomic E-state index is 12.8. The molecular weight excluding hydrogens is 382 g/mol. The number of nitrogens with one attached hydrogen (secondary N) is 2. The Morgan fingerprint density at radius 2 is 2.00 bits per heavy atom. The maximum atomic E-state index is 12.8. The van der Waals surface area contributed by atoms with Crippen LogP contribution in [0.1, 0.15) is 37.6 Å². The van der Waals surface area contributed by atoms with Crippen LogP contribution < -0.4 is 10.6 Å². The Hall–Kier alpha value is -2.10. The Balaban J connectivity index is 2.21. The van der Waals surface area contributed by atoms with Gasteiger partial charge < -0.3 is 9.73 Å². The van der Waals surface area contributed by atoms with Crippen LogP contribution in [0.3, 0.4) is 0 Å². The number of carbonyl (C=O) groups is 1. The lowest BCUT2D eigenvalue weighted by Crippen LogP contribution is -2.46. The largest absolute Gasteiger partial charge is 0.467 e. The van der Waals surface area contributed by atoms with Crippen molar-refractivity contribution in [3.8, 4) is 6.07 Å². The fraction of sp³-hybridized carbons (Fsp3) is 0.368. The van der Waals surface area contributed by atoms with Crippen LogP contribution in [-0.2, 0) is 4.79 Å². The minimum atomic E-state index is -0.424.